The Labute approximate surface area is 126 Å². The number of rotatable bonds is 3. The second kappa shape index (κ2) is 6.06. The standard InChI is InChI=1S/C16H16BrNO2/c17-14-15(13-9-5-2-6-10-13)18(20-16(14)19)11-12-7-3-1-4-8-12/h1-10,14-16,19H,11H2/t14-,15-,16?/m1/s1. The predicted octanol–water partition coefficient (Wildman–Crippen LogP) is 3.26. The lowest BCUT2D eigenvalue weighted by atomic mass is 10.0. The van der Waals surface area contributed by atoms with Gasteiger partial charge in [0.25, 0.3) is 0 Å². The third kappa shape index (κ3) is 2.79. The highest BCUT2D eigenvalue weighted by atomic mass is 79.9. The molecule has 0 radical (unpaired) electrons. The Kier molecular flexibility index (Phi) is 4.17. The van der Waals surface area contributed by atoms with Gasteiger partial charge in [0, 0.05) is 6.54 Å². The molecule has 1 N–H and O–H groups in total. The summed E-state index contributed by atoms with van der Waals surface area (Å²) in [4.78, 5) is 5.44. The zero-order valence-electron chi connectivity index (χ0n) is 10.9. The number of aliphatic hydroxyl groups is 1. The maximum Gasteiger partial charge on any atom is 0.189 e. The number of aliphatic hydroxyl groups excluding tert-OH is 1. The van der Waals surface area contributed by atoms with Crippen molar-refractivity contribution in [2.24, 2.45) is 0 Å². The Morgan fingerprint density at radius 1 is 1.00 bits per heavy atom. The normalized spacial score (nSPS) is 26.8. The van der Waals surface area contributed by atoms with E-state index < -0.39 is 6.29 Å². The van der Waals surface area contributed by atoms with Crippen LogP contribution < -0.4 is 0 Å². The second-order valence-electron chi connectivity index (χ2n) is 4.86. The molecule has 0 bridgehead atoms. The summed E-state index contributed by atoms with van der Waals surface area (Å²) in [5, 5.41) is 11.8. The SMILES string of the molecule is OC1ON(Cc2ccccc2)[C@H](c2ccccc2)[C@H]1Br. The van der Waals surface area contributed by atoms with E-state index in [0.29, 0.717) is 6.54 Å². The average molecular weight is 334 g/mol. The molecule has 0 spiro atoms. The number of hydrogen-bond acceptors (Lipinski definition) is 3. The largest absolute Gasteiger partial charge is 0.366 e. The third-order valence-electron chi connectivity index (χ3n) is 3.45. The Bertz CT molecular complexity index is 549. The van der Waals surface area contributed by atoms with Crippen LogP contribution in [-0.4, -0.2) is 21.3 Å². The zero-order chi connectivity index (χ0) is 13.9. The van der Waals surface area contributed by atoms with Crippen molar-refractivity contribution in [2.45, 2.75) is 23.7 Å². The molecule has 1 heterocycles. The van der Waals surface area contributed by atoms with E-state index in [9.17, 15) is 5.11 Å². The van der Waals surface area contributed by atoms with Gasteiger partial charge in [-0.15, -0.1) is 0 Å². The van der Waals surface area contributed by atoms with E-state index in [-0.39, 0.29) is 10.9 Å². The van der Waals surface area contributed by atoms with Gasteiger partial charge in [-0.3, -0.25) is 4.84 Å². The quantitative estimate of drug-likeness (QED) is 0.875. The second-order valence-corrected chi connectivity index (χ2v) is 5.91. The van der Waals surface area contributed by atoms with Crippen molar-refractivity contribution < 1.29 is 9.94 Å². The van der Waals surface area contributed by atoms with Crippen molar-refractivity contribution in [3.63, 3.8) is 0 Å². The molecule has 0 amide bonds. The van der Waals surface area contributed by atoms with Crippen LogP contribution in [0, 0.1) is 0 Å². The molecule has 3 rings (SSSR count). The summed E-state index contributed by atoms with van der Waals surface area (Å²) in [5.41, 5.74) is 2.28. The van der Waals surface area contributed by atoms with Crippen LogP contribution in [0.2, 0.25) is 0 Å². The van der Waals surface area contributed by atoms with Gasteiger partial charge < -0.3 is 5.11 Å². The van der Waals surface area contributed by atoms with Crippen LogP contribution in [-0.2, 0) is 11.4 Å². The van der Waals surface area contributed by atoms with Gasteiger partial charge in [-0.1, -0.05) is 76.6 Å². The zero-order valence-corrected chi connectivity index (χ0v) is 12.5. The predicted molar refractivity (Wildman–Crippen MR) is 81.0 cm³/mol. The summed E-state index contributed by atoms with van der Waals surface area (Å²) >= 11 is 3.54. The fraction of sp³-hybridized carbons (Fsp3) is 0.250. The number of alkyl halides is 1. The lowest BCUT2D eigenvalue weighted by molar-refractivity contribution is -0.227. The molecule has 3 nitrogen and oxygen atoms in total. The van der Waals surface area contributed by atoms with Crippen molar-refractivity contribution in [3.05, 3.63) is 71.8 Å². The number of halogens is 1. The molecule has 20 heavy (non-hydrogen) atoms. The topological polar surface area (TPSA) is 32.7 Å². The molecule has 1 fully saturated rings. The van der Waals surface area contributed by atoms with Crippen molar-refractivity contribution in [1.82, 2.24) is 5.06 Å². The van der Waals surface area contributed by atoms with Crippen LogP contribution in [0.15, 0.2) is 60.7 Å². The Morgan fingerprint density at radius 2 is 1.60 bits per heavy atom. The molecule has 0 aliphatic carbocycles. The number of benzene rings is 2. The molecule has 1 aliphatic heterocycles. The van der Waals surface area contributed by atoms with Crippen molar-refractivity contribution in [2.75, 3.05) is 0 Å². The summed E-state index contributed by atoms with van der Waals surface area (Å²) < 4.78 is 0. The maximum atomic E-state index is 9.97. The van der Waals surface area contributed by atoms with Gasteiger partial charge in [-0.25, -0.2) is 0 Å². The van der Waals surface area contributed by atoms with E-state index in [1.165, 1.54) is 0 Å². The Hall–Kier alpha value is -1.20. The summed E-state index contributed by atoms with van der Waals surface area (Å²) in [5.74, 6) is 0. The van der Waals surface area contributed by atoms with Gasteiger partial charge in [0.15, 0.2) is 6.29 Å². The van der Waals surface area contributed by atoms with Crippen LogP contribution in [0.4, 0.5) is 0 Å². The van der Waals surface area contributed by atoms with E-state index in [1.54, 1.807) is 0 Å². The molecule has 1 aliphatic rings. The molecule has 1 saturated heterocycles. The summed E-state index contributed by atoms with van der Waals surface area (Å²) in [7, 11) is 0. The number of hydrogen-bond donors (Lipinski definition) is 1. The first-order valence-electron chi connectivity index (χ1n) is 6.60. The molecule has 4 heteroatoms. The fourth-order valence-corrected chi connectivity index (χ4v) is 3.14. The lowest BCUT2D eigenvalue weighted by Gasteiger charge is -2.23. The first-order chi connectivity index (χ1) is 9.75. The van der Waals surface area contributed by atoms with E-state index in [1.807, 2.05) is 41.5 Å². The minimum Gasteiger partial charge on any atom is -0.366 e. The molecule has 3 atom stereocenters. The maximum absolute atomic E-state index is 9.97. The van der Waals surface area contributed by atoms with Crippen LogP contribution in [0.1, 0.15) is 17.2 Å². The highest BCUT2D eigenvalue weighted by Gasteiger charge is 2.41. The van der Waals surface area contributed by atoms with Crippen LogP contribution in [0.5, 0.6) is 0 Å². The summed E-state index contributed by atoms with van der Waals surface area (Å²) in [6.45, 7) is 0.638. The molecule has 1 unspecified atom stereocenters. The minimum atomic E-state index is -0.830. The molecule has 0 aromatic heterocycles. The van der Waals surface area contributed by atoms with E-state index >= 15 is 0 Å². The third-order valence-corrected chi connectivity index (χ3v) is 4.40. The van der Waals surface area contributed by atoms with Gasteiger partial charge >= 0.3 is 0 Å². The Morgan fingerprint density at radius 3 is 2.25 bits per heavy atom. The van der Waals surface area contributed by atoms with Crippen molar-refractivity contribution in [1.29, 1.82) is 0 Å². The monoisotopic (exact) mass is 333 g/mol. The molecule has 0 saturated carbocycles. The van der Waals surface area contributed by atoms with E-state index in [4.69, 9.17) is 4.84 Å². The molecular formula is C16H16BrNO2. The highest BCUT2D eigenvalue weighted by molar-refractivity contribution is 9.09. The summed E-state index contributed by atoms with van der Waals surface area (Å²) in [6, 6.07) is 20.2. The molecule has 2 aromatic rings. The van der Waals surface area contributed by atoms with E-state index in [2.05, 4.69) is 40.2 Å². The van der Waals surface area contributed by atoms with Gasteiger partial charge in [-0.05, 0) is 11.1 Å². The summed E-state index contributed by atoms with van der Waals surface area (Å²) in [6.07, 6.45) is -0.830. The van der Waals surface area contributed by atoms with Crippen molar-refractivity contribution in [3.8, 4) is 0 Å². The molecule has 104 valence electrons. The first-order valence-corrected chi connectivity index (χ1v) is 7.52. The van der Waals surface area contributed by atoms with Crippen LogP contribution >= 0.6 is 15.9 Å². The van der Waals surface area contributed by atoms with Gasteiger partial charge in [0.05, 0.1) is 10.9 Å². The highest BCUT2D eigenvalue weighted by Crippen LogP contribution is 2.38. The molecular weight excluding hydrogens is 318 g/mol. The van der Waals surface area contributed by atoms with E-state index in [0.717, 1.165) is 11.1 Å². The number of hydroxylamine groups is 2. The van der Waals surface area contributed by atoms with Crippen LogP contribution in [0.3, 0.4) is 0 Å². The van der Waals surface area contributed by atoms with Crippen molar-refractivity contribution >= 4 is 15.9 Å². The fourth-order valence-electron chi connectivity index (χ4n) is 2.48. The number of nitrogens with zero attached hydrogens (tertiary/aromatic N) is 1. The smallest absolute Gasteiger partial charge is 0.189 e. The first kappa shape index (κ1) is 13.8. The Balaban J connectivity index is 1.85. The molecule has 2 aromatic carbocycles. The average Bonchev–Trinajstić information content (AvgIpc) is 2.76. The van der Waals surface area contributed by atoms with Crippen LogP contribution in [0.25, 0.3) is 0 Å². The van der Waals surface area contributed by atoms with Gasteiger partial charge in [-0.2, -0.15) is 5.06 Å². The minimum absolute atomic E-state index is 0.00796. The van der Waals surface area contributed by atoms with Gasteiger partial charge in [0.1, 0.15) is 0 Å². The van der Waals surface area contributed by atoms with Gasteiger partial charge in [0.2, 0.25) is 0 Å². The lowest BCUT2D eigenvalue weighted by Crippen LogP contribution is -2.24.